The van der Waals surface area contributed by atoms with Gasteiger partial charge in [0.25, 0.3) is 0 Å². The minimum Gasteiger partial charge on any atom is 0 e. The second-order valence-corrected chi connectivity index (χ2v) is 0. The predicted molar refractivity (Wildman–Crippen MR) is 50.5 cm³/mol. The van der Waals surface area contributed by atoms with E-state index >= 15 is 0 Å². The summed E-state index contributed by atoms with van der Waals surface area (Å²) < 4.78 is 0. The Morgan fingerprint density at radius 3 is 1.17 bits per heavy atom. The van der Waals surface area contributed by atoms with Crippen LogP contribution in [0.1, 0.15) is 2.85 Å². The van der Waals surface area contributed by atoms with Crippen LogP contribution in [0.25, 0.3) is 0 Å². The Bertz CT molecular complexity index is 22.0. The summed E-state index contributed by atoms with van der Waals surface area (Å²) in [5, 5.41) is 0. The van der Waals surface area contributed by atoms with Gasteiger partial charge in [-0.2, -0.15) is 0 Å². The molecule has 0 unspecified atom stereocenters. The maximum atomic E-state index is 0. The van der Waals surface area contributed by atoms with E-state index in [2.05, 4.69) is 0 Å². The Hall–Kier alpha value is 3.81. The Labute approximate surface area is 121 Å². The predicted octanol–water partition coefficient (Wildman–Crippen LogP) is -5.43. The minimum atomic E-state index is 0. The number of hydrogen-bond acceptors (Lipinski definition) is 0. The molecule has 34 valence electrons. The number of hydrogen-bond donors (Lipinski definition) is 0. The van der Waals surface area contributed by atoms with Crippen molar-refractivity contribution in [3.05, 3.63) is 0 Å². The van der Waals surface area contributed by atoms with Crippen LogP contribution in [-0.4, -0.2) is 101 Å². The topological polar surface area (TPSA) is 0 Å². The zero-order chi connectivity index (χ0) is 0. The first-order chi connectivity index (χ1) is 0. The molecule has 0 atom stereocenters. The van der Waals surface area contributed by atoms with Gasteiger partial charge in [-0.15, -0.1) is 0 Å². The third kappa shape index (κ3) is 25.0. The summed E-state index contributed by atoms with van der Waals surface area (Å²) >= 11 is 0. The van der Waals surface area contributed by atoms with Crippen molar-refractivity contribution in [2.45, 2.75) is 0 Å². The van der Waals surface area contributed by atoms with Crippen molar-refractivity contribution >= 4 is 101 Å². The SMILES string of the molecule is [AlH3].[H-].[H-].[InH3].[Mg+2].[SiH4].[SnH4].[Zn]. The van der Waals surface area contributed by atoms with Crippen molar-refractivity contribution in [2.24, 2.45) is 0 Å². The molecule has 0 amide bonds. The first kappa shape index (κ1) is 52.5. The summed E-state index contributed by atoms with van der Waals surface area (Å²) in [4.78, 5) is 0. The molecule has 0 fully saturated rings. The molecule has 0 aromatic rings. The van der Waals surface area contributed by atoms with Crippen LogP contribution in [-0.2, 0) is 19.5 Å². The van der Waals surface area contributed by atoms with E-state index in [9.17, 15) is 0 Å². The minimum absolute atomic E-state index is 0. The van der Waals surface area contributed by atoms with Crippen LogP contribution in [0.3, 0.4) is 0 Å². The molecule has 0 N–H and O–H groups in total. The summed E-state index contributed by atoms with van der Waals surface area (Å²) in [7, 11) is 0. The Balaban J connectivity index is 0. The Morgan fingerprint density at radius 1 is 1.17 bits per heavy atom. The molecule has 0 aromatic carbocycles. The van der Waals surface area contributed by atoms with Gasteiger partial charge in [0, 0.05) is 19.5 Å². The van der Waals surface area contributed by atoms with Gasteiger partial charge in [0.15, 0.2) is 17.4 Å². The zero-order valence-electron chi connectivity index (χ0n) is 3.41. The summed E-state index contributed by atoms with van der Waals surface area (Å²) in [6, 6.07) is 0. The summed E-state index contributed by atoms with van der Waals surface area (Å²) in [5.41, 5.74) is 0. The molecule has 0 saturated heterocycles. The van der Waals surface area contributed by atoms with Crippen molar-refractivity contribution in [3.63, 3.8) is 0 Å². The average molecular weight is 394 g/mol. The Morgan fingerprint density at radius 2 is 1.17 bits per heavy atom. The summed E-state index contributed by atoms with van der Waals surface area (Å²) in [6.45, 7) is 0. The monoisotopic (exact) mass is 394 g/mol. The zero-order valence-corrected chi connectivity index (χ0v) is 5.80. The molecule has 6 heteroatoms. The second-order valence-electron chi connectivity index (χ2n) is 0. The molecule has 0 saturated carbocycles. The molecular formula is H16AlInMgSiSnZn. The van der Waals surface area contributed by atoms with Crippen LogP contribution >= 0.6 is 0 Å². The van der Waals surface area contributed by atoms with Crippen LogP contribution < -0.4 is 0 Å². The molecule has 0 aliphatic carbocycles. The van der Waals surface area contributed by atoms with Gasteiger partial charge < -0.3 is 2.85 Å². The fraction of sp³-hybridized carbons (Fsp3) is 0. The first-order valence-electron chi connectivity index (χ1n) is 0. The molecule has 0 rings (SSSR count). The van der Waals surface area contributed by atoms with Gasteiger partial charge in [-0.3, -0.25) is 0 Å². The van der Waals surface area contributed by atoms with Crippen LogP contribution in [0, 0.1) is 0 Å². The van der Waals surface area contributed by atoms with Gasteiger partial charge in [0.2, 0.25) is 0 Å². The smallest absolute Gasteiger partial charge is 0 e. The summed E-state index contributed by atoms with van der Waals surface area (Å²) in [6.07, 6.45) is 0. The molecule has 0 aliphatic heterocycles. The molecule has 0 spiro atoms. The van der Waals surface area contributed by atoms with Crippen LogP contribution in [0.2, 0.25) is 0 Å². The number of rotatable bonds is 0. The van der Waals surface area contributed by atoms with E-state index in [1.54, 1.807) is 0 Å². The maximum Gasteiger partial charge on any atom is 0 e. The normalized spacial score (nSPS) is 0. The van der Waals surface area contributed by atoms with Gasteiger partial charge in [-0.05, 0) is 11.0 Å². The molecule has 0 bridgehead atoms. The van der Waals surface area contributed by atoms with Crippen LogP contribution in [0.5, 0.6) is 0 Å². The van der Waals surface area contributed by atoms with E-state index in [-0.39, 0.29) is 123 Å². The maximum absolute atomic E-state index is 0. The van der Waals surface area contributed by atoms with Crippen molar-refractivity contribution in [1.29, 1.82) is 0 Å². The van der Waals surface area contributed by atoms with Gasteiger partial charge in [0.1, 0.15) is 0 Å². The van der Waals surface area contributed by atoms with E-state index in [0.29, 0.717) is 0 Å². The average Bonchev–Trinajstić information content (AvgIpc) is 0. The quantitative estimate of drug-likeness (QED) is 0.360. The second kappa shape index (κ2) is 37.0. The van der Waals surface area contributed by atoms with E-state index in [4.69, 9.17) is 0 Å². The molecule has 6 heavy (non-hydrogen) atoms. The molecule has 0 nitrogen and oxygen atoms in total. The third-order valence-corrected chi connectivity index (χ3v) is 0. The van der Waals surface area contributed by atoms with Crippen molar-refractivity contribution in [3.8, 4) is 0 Å². The fourth-order valence-corrected chi connectivity index (χ4v) is 0. The van der Waals surface area contributed by atoms with E-state index in [1.807, 2.05) is 0 Å². The van der Waals surface area contributed by atoms with Gasteiger partial charge in [-0.25, -0.2) is 0 Å². The van der Waals surface area contributed by atoms with E-state index in [1.165, 1.54) is 0 Å². The molecule has 0 radical (unpaired) electrons. The molecule has 0 aromatic heterocycles. The molecular weight excluding hydrogens is 378 g/mol. The Kier molecular flexibility index (Phi) is 324. The van der Waals surface area contributed by atoms with E-state index < -0.39 is 0 Å². The largest absolute Gasteiger partial charge is 0 e. The van der Waals surface area contributed by atoms with Crippen LogP contribution in [0.4, 0.5) is 0 Å². The third-order valence-electron chi connectivity index (χ3n) is 0. The van der Waals surface area contributed by atoms with Gasteiger partial charge in [-0.1, -0.05) is 0 Å². The fourth-order valence-electron chi connectivity index (χ4n) is 0. The van der Waals surface area contributed by atoms with Crippen molar-refractivity contribution in [2.75, 3.05) is 0 Å². The van der Waals surface area contributed by atoms with E-state index in [0.717, 1.165) is 0 Å². The van der Waals surface area contributed by atoms with Gasteiger partial charge in [0.05, 0.1) is 0 Å². The first-order valence-corrected chi connectivity index (χ1v) is 0. The van der Waals surface area contributed by atoms with Crippen molar-refractivity contribution < 1.29 is 22.3 Å². The van der Waals surface area contributed by atoms with Crippen molar-refractivity contribution in [1.82, 2.24) is 0 Å². The van der Waals surface area contributed by atoms with Gasteiger partial charge >= 0.3 is 72.8 Å². The summed E-state index contributed by atoms with van der Waals surface area (Å²) in [5.74, 6) is 0. The van der Waals surface area contributed by atoms with Crippen LogP contribution in [0.15, 0.2) is 0 Å². The molecule has 0 heterocycles. The molecule has 0 aliphatic rings. The standard InChI is InChI=1S/Al.In.Mg.H4Si.Sn.Zn.12H/h;;;1H4;;;;;;;;;;;;;;/q;;+2;;;;;;;;;;;;;;2*-1.